The zero-order chi connectivity index (χ0) is 24.8. The average Bonchev–Trinajstić information content (AvgIpc) is 3.18. The number of benzene rings is 4. The predicted molar refractivity (Wildman–Crippen MR) is 138 cm³/mol. The van der Waals surface area contributed by atoms with Crippen molar-refractivity contribution in [1.29, 1.82) is 0 Å². The summed E-state index contributed by atoms with van der Waals surface area (Å²) in [5.41, 5.74) is 5.88. The number of rotatable bonds is 4. The minimum Gasteiger partial charge on any atom is -0.508 e. The van der Waals surface area contributed by atoms with Gasteiger partial charge in [0.25, 0.3) is 5.91 Å². The molecule has 0 bridgehead atoms. The van der Waals surface area contributed by atoms with Crippen LogP contribution in [0.15, 0.2) is 91.0 Å². The molecule has 178 valence electrons. The van der Waals surface area contributed by atoms with Gasteiger partial charge in [-0.25, -0.2) is 0 Å². The molecule has 4 aromatic rings. The van der Waals surface area contributed by atoms with Crippen molar-refractivity contribution in [3.63, 3.8) is 0 Å². The fraction of sp³-hybridized carbons (Fsp3) is 0.133. The summed E-state index contributed by atoms with van der Waals surface area (Å²) in [4.78, 5) is 29.0. The highest BCUT2D eigenvalue weighted by atomic mass is 16.5. The van der Waals surface area contributed by atoms with Crippen LogP contribution in [0.25, 0.3) is 11.1 Å². The summed E-state index contributed by atoms with van der Waals surface area (Å²) >= 11 is 0. The first kappa shape index (κ1) is 21.9. The van der Waals surface area contributed by atoms with Crippen LogP contribution in [0, 0.1) is 0 Å². The van der Waals surface area contributed by atoms with Crippen molar-refractivity contribution in [3.8, 4) is 22.6 Å². The molecular weight excluding hydrogens is 452 g/mol. The lowest BCUT2D eigenvalue weighted by molar-refractivity contribution is -0.121. The minimum absolute atomic E-state index is 0.0406. The number of hydrogen-bond acceptors (Lipinski definition) is 4. The molecule has 6 rings (SSSR count). The molecule has 0 spiro atoms. The van der Waals surface area contributed by atoms with Gasteiger partial charge in [-0.05, 0) is 34.4 Å². The Morgan fingerprint density at radius 2 is 1.53 bits per heavy atom. The van der Waals surface area contributed by atoms with E-state index in [2.05, 4.69) is 24.3 Å². The first-order valence-corrected chi connectivity index (χ1v) is 11.8. The van der Waals surface area contributed by atoms with E-state index in [0.29, 0.717) is 23.5 Å². The van der Waals surface area contributed by atoms with Crippen molar-refractivity contribution >= 4 is 23.2 Å². The van der Waals surface area contributed by atoms with Gasteiger partial charge in [-0.1, -0.05) is 72.8 Å². The fourth-order valence-electron chi connectivity index (χ4n) is 5.02. The van der Waals surface area contributed by atoms with E-state index in [1.807, 2.05) is 54.6 Å². The summed E-state index contributed by atoms with van der Waals surface area (Å²) in [6.45, 7) is 0.342. The largest absolute Gasteiger partial charge is 0.508 e. The number of nitrogens with zero attached hydrogens (tertiary/aromatic N) is 2. The third kappa shape index (κ3) is 3.58. The maximum atomic E-state index is 13.8. The molecule has 6 nitrogen and oxygen atoms in total. The maximum absolute atomic E-state index is 13.8. The molecule has 0 saturated carbocycles. The number of phenols is 1. The fourth-order valence-corrected chi connectivity index (χ4v) is 5.02. The zero-order valence-electron chi connectivity index (χ0n) is 19.7. The highest BCUT2D eigenvalue weighted by molar-refractivity contribution is 6.07. The summed E-state index contributed by atoms with van der Waals surface area (Å²) in [6, 6.07) is 29.2. The number of aromatic hydroxyl groups is 1. The van der Waals surface area contributed by atoms with Crippen LogP contribution in [-0.4, -0.2) is 30.6 Å². The Hall–Kier alpha value is -4.58. The number of amides is 2. The van der Waals surface area contributed by atoms with Crippen molar-refractivity contribution in [3.05, 3.63) is 108 Å². The molecule has 1 N–H and O–H groups in total. The van der Waals surface area contributed by atoms with E-state index in [4.69, 9.17) is 4.74 Å². The number of anilines is 2. The van der Waals surface area contributed by atoms with Crippen LogP contribution < -0.4 is 14.5 Å². The van der Waals surface area contributed by atoms with Crippen molar-refractivity contribution in [2.45, 2.75) is 12.5 Å². The molecule has 0 saturated heterocycles. The highest BCUT2D eigenvalue weighted by Crippen LogP contribution is 2.47. The summed E-state index contributed by atoms with van der Waals surface area (Å²) in [5, 5.41) is 10.9. The van der Waals surface area contributed by atoms with E-state index in [0.717, 1.165) is 27.9 Å². The number of likely N-dealkylation sites (N-methyl/N-ethyl adjacent to an activating group) is 1. The van der Waals surface area contributed by atoms with Crippen molar-refractivity contribution in [2.24, 2.45) is 0 Å². The quantitative estimate of drug-likeness (QED) is 0.445. The first-order chi connectivity index (χ1) is 17.5. The van der Waals surface area contributed by atoms with Gasteiger partial charge >= 0.3 is 0 Å². The van der Waals surface area contributed by atoms with Crippen LogP contribution >= 0.6 is 0 Å². The molecule has 0 fully saturated rings. The Morgan fingerprint density at radius 1 is 0.833 bits per heavy atom. The van der Waals surface area contributed by atoms with Crippen molar-refractivity contribution < 1.29 is 19.4 Å². The Morgan fingerprint density at radius 3 is 2.31 bits per heavy atom. The lowest BCUT2D eigenvalue weighted by atomic mass is 9.91. The molecule has 0 radical (unpaired) electrons. The Labute approximate surface area is 209 Å². The molecule has 1 atom stereocenters. The predicted octanol–water partition coefficient (Wildman–Crippen LogP) is 5.09. The topological polar surface area (TPSA) is 70.1 Å². The molecule has 36 heavy (non-hydrogen) atoms. The van der Waals surface area contributed by atoms with Crippen LogP contribution in [0.2, 0.25) is 0 Å². The van der Waals surface area contributed by atoms with Gasteiger partial charge in [0, 0.05) is 24.4 Å². The van der Waals surface area contributed by atoms with Gasteiger partial charge in [0.1, 0.15) is 11.5 Å². The Bertz CT molecular complexity index is 1480. The summed E-state index contributed by atoms with van der Waals surface area (Å²) in [7, 11) is 1.64. The monoisotopic (exact) mass is 476 g/mol. The third-order valence-corrected chi connectivity index (χ3v) is 6.96. The van der Waals surface area contributed by atoms with Crippen molar-refractivity contribution in [2.75, 3.05) is 23.5 Å². The van der Waals surface area contributed by atoms with Crippen LogP contribution in [0.3, 0.4) is 0 Å². The normalized spacial score (nSPS) is 16.5. The second-order valence-corrected chi connectivity index (χ2v) is 9.10. The number of phenolic OH excluding ortho intramolecular Hbond substituents is 1. The van der Waals surface area contributed by atoms with Gasteiger partial charge in [0.2, 0.25) is 5.91 Å². The van der Waals surface area contributed by atoms with Gasteiger partial charge in [-0.15, -0.1) is 0 Å². The summed E-state index contributed by atoms with van der Waals surface area (Å²) < 4.78 is 5.63. The van der Waals surface area contributed by atoms with E-state index in [-0.39, 0.29) is 24.2 Å². The zero-order valence-corrected chi connectivity index (χ0v) is 19.7. The highest BCUT2D eigenvalue weighted by Gasteiger charge is 2.40. The molecule has 2 heterocycles. The van der Waals surface area contributed by atoms with Crippen molar-refractivity contribution in [1.82, 2.24) is 0 Å². The van der Waals surface area contributed by atoms with Gasteiger partial charge < -0.3 is 19.6 Å². The van der Waals surface area contributed by atoms with Crippen LogP contribution in [0.1, 0.15) is 22.6 Å². The third-order valence-electron chi connectivity index (χ3n) is 6.96. The van der Waals surface area contributed by atoms with E-state index < -0.39 is 5.92 Å². The number of fused-ring (bicyclic) bond motifs is 2. The summed E-state index contributed by atoms with van der Waals surface area (Å²) in [6.07, 6.45) is 0. The van der Waals surface area contributed by atoms with E-state index in [9.17, 15) is 14.7 Å². The molecule has 1 unspecified atom stereocenters. The number of carbonyl (C=O) groups excluding carboxylic acids is 2. The molecule has 2 aliphatic heterocycles. The van der Waals surface area contributed by atoms with Gasteiger partial charge in [-0.2, -0.15) is 0 Å². The van der Waals surface area contributed by atoms with Gasteiger partial charge in [0.05, 0.1) is 18.2 Å². The number of hydrogen-bond donors (Lipinski definition) is 1. The SMILES string of the molecule is CN1C(=O)COc2cc(C3C(=O)N(Cc4ccc(-c5ccccc5)cc4)c4ccccc43)c(O)cc21. The lowest BCUT2D eigenvalue weighted by Gasteiger charge is -2.27. The second-order valence-electron chi connectivity index (χ2n) is 9.10. The maximum Gasteiger partial charge on any atom is 0.264 e. The van der Waals surface area contributed by atoms with E-state index >= 15 is 0 Å². The van der Waals surface area contributed by atoms with Gasteiger partial charge in [-0.3, -0.25) is 9.59 Å². The Balaban J connectivity index is 1.34. The minimum atomic E-state index is -0.665. The lowest BCUT2D eigenvalue weighted by Crippen LogP contribution is -2.35. The van der Waals surface area contributed by atoms with Crippen LogP contribution in [0.4, 0.5) is 11.4 Å². The second kappa shape index (κ2) is 8.57. The average molecular weight is 477 g/mol. The number of ether oxygens (including phenoxy) is 1. The molecule has 2 amide bonds. The number of carbonyl (C=O) groups is 2. The molecule has 2 aliphatic rings. The summed E-state index contributed by atoms with van der Waals surface area (Å²) in [5.74, 6) is -0.534. The molecule has 6 heteroatoms. The molecule has 0 aliphatic carbocycles. The standard InChI is InChI=1S/C30H24N2O4/c1-31-25-16-26(33)23(15-27(25)36-18-28(31)34)29-22-9-5-6-10-24(22)32(30(29)35)17-19-11-13-21(14-12-19)20-7-3-2-4-8-20/h2-16,29,33H,17-18H2,1H3. The molecule has 0 aromatic heterocycles. The Kier molecular flexibility index (Phi) is 5.22. The van der Waals surface area contributed by atoms with Crippen LogP contribution in [-0.2, 0) is 16.1 Å². The van der Waals surface area contributed by atoms with E-state index in [1.54, 1.807) is 18.0 Å². The van der Waals surface area contributed by atoms with E-state index in [1.165, 1.54) is 11.0 Å². The molecular formula is C30H24N2O4. The smallest absolute Gasteiger partial charge is 0.264 e. The first-order valence-electron chi connectivity index (χ1n) is 11.8. The van der Waals surface area contributed by atoms with Crippen LogP contribution in [0.5, 0.6) is 11.5 Å². The van der Waals surface area contributed by atoms with Gasteiger partial charge in [0.15, 0.2) is 6.61 Å². The molecule has 4 aromatic carbocycles. The number of para-hydroxylation sites is 1.